The third-order valence-electron chi connectivity index (χ3n) is 7.21. The summed E-state index contributed by atoms with van der Waals surface area (Å²) in [6, 6.07) is 14.9. The van der Waals surface area contributed by atoms with E-state index in [1.807, 2.05) is 63.2 Å². The summed E-state index contributed by atoms with van der Waals surface area (Å²) >= 11 is 0. The summed E-state index contributed by atoms with van der Waals surface area (Å²) in [5.74, 6) is -0.243. The van der Waals surface area contributed by atoms with Crippen LogP contribution in [0.5, 0.6) is 0 Å². The van der Waals surface area contributed by atoms with E-state index in [2.05, 4.69) is 5.32 Å². The number of carbonyl (C=O) groups excluding carboxylic acids is 2. The van der Waals surface area contributed by atoms with Gasteiger partial charge in [-0.15, -0.1) is 0 Å². The number of amides is 2. The molecule has 2 aromatic carbocycles. The fraction of sp³-hybridized carbons (Fsp3) is 0.533. The predicted molar refractivity (Wildman–Crippen MR) is 153 cm³/mol. The van der Waals surface area contributed by atoms with Gasteiger partial charge in [-0.3, -0.25) is 13.9 Å². The molecule has 0 radical (unpaired) electrons. The van der Waals surface area contributed by atoms with Crippen LogP contribution < -0.4 is 9.62 Å². The van der Waals surface area contributed by atoms with Crippen molar-refractivity contribution in [2.45, 2.75) is 90.8 Å². The van der Waals surface area contributed by atoms with Gasteiger partial charge in [0.25, 0.3) is 0 Å². The van der Waals surface area contributed by atoms with Gasteiger partial charge in [-0.05, 0) is 62.8 Å². The van der Waals surface area contributed by atoms with Crippen LogP contribution >= 0.6 is 0 Å². The Morgan fingerprint density at radius 1 is 1.00 bits per heavy atom. The first-order chi connectivity index (χ1) is 18.1. The smallest absolute Gasteiger partial charge is 0.243 e. The minimum absolute atomic E-state index is 0.0991. The van der Waals surface area contributed by atoms with Crippen molar-refractivity contribution < 1.29 is 18.0 Å². The number of carbonyl (C=O) groups is 2. The zero-order valence-electron chi connectivity index (χ0n) is 23.3. The average Bonchev–Trinajstić information content (AvgIpc) is 2.86. The number of aryl methyl sites for hydroxylation is 2. The highest BCUT2D eigenvalue weighted by Gasteiger charge is 2.30. The van der Waals surface area contributed by atoms with Gasteiger partial charge < -0.3 is 10.2 Å². The Labute approximate surface area is 228 Å². The second kappa shape index (κ2) is 13.8. The van der Waals surface area contributed by atoms with Gasteiger partial charge in [0.05, 0.1) is 11.9 Å². The molecule has 2 aromatic rings. The van der Waals surface area contributed by atoms with Gasteiger partial charge in [0, 0.05) is 25.6 Å². The molecule has 8 heteroatoms. The molecule has 2 amide bonds. The first-order valence-corrected chi connectivity index (χ1v) is 15.6. The molecule has 3 rings (SSSR count). The zero-order valence-corrected chi connectivity index (χ0v) is 24.1. The van der Waals surface area contributed by atoms with Gasteiger partial charge in [-0.1, -0.05) is 68.1 Å². The first-order valence-electron chi connectivity index (χ1n) is 13.8. The van der Waals surface area contributed by atoms with Gasteiger partial charge in [0.2, 0.25) is 21.8 Å². The molecule has 1 saturated carbocycles. The molecular formula is C30H43N3O4S. The van der Waals surface area contributed by atoms with Crippen LogP contribution in [0.3, 0.4) is 0 Å². The molecule has 1 atom stereocenters. The highest BCUT2D eigenvalue weighted by Crippen LogP contribution is 2.22. The highest BCUT2D eigenvalue weighted by molar-refractivity contribution is 7.92. The van der Waals surface area contributed by atoms with Crippen LogP contribution in [0.25, 0.3) is 0 Å². The maximum atomic E-state index is 13.6. The lowest BCUT2D eigenvalue weighted by Gasteiger charge is -2.33. The Hall–Kier alpha value is -2.87. The third kappa shape index (κ3) is 8.58. The van der Waals surface area contributed by atoms with Crippen LogP contribution in [0.15, 0.2) is 48.5 Å². The topological polar surface area (TPSA) is 86.8 Å². The van der Waals surface area contributed by atoms with E-state index in [0.29, 0.717) is 25.1 Å². The number of rotatable bonds is 12. The Balaban J connectivity index is 1.76. The molecule has 0 aliphatic heterocycles. The molecule has 208 valence electrons. The summed E-state index contributed by atoms with van der Waals surface area (Å²) in [6.45, 7) is 6.39. The quantitative estimate of drug-likeness (QED) is 0.405. The molecule has 0 saturated heterocycles. The van der Waals surface area contributed by atoms with Gasteiger partial charge in [-0.2, -0.15) is 0 Å². The number of hydrogen-bond donors (Lipinski definition) is 1. The summed E-state index contributed by atoms with van der Waals surface area (Å²) in [6.07, 6.45) is 7.59. The lowest BCUT2D eigenvalue weighted by Crippen LogP contribution is -2.51. The van der Waals surface area contributed by atoms with Crippen molar-refractivity contribution in [1.82, 2.24) is 10.2 Å². The lowest BCUT2D eigenvalue weighted by atomic mass is 9.95. The van der Waals surface area contributed by atoms with Gasteiger partial charge in [0.1, 0.15) is 6.04 Å². The number of hydrogen-bond acceptors (Lipinski definition) is 4. The molecule has 1 aliphatic carbocycles. The van der Waals surface area contributed by atoms with Crippen LogP contribution in [0.1, 0.15) is 75.0 Å². The molecular weight excluding hydrogens is 498 g/mol. The van der Waals surface area contributed by atoms with Crippen LogP contribution in [-0.4, -0.2) is 50.0 Å². The van der Waals surface area contributed by atoms with E-state index in [-0.39, 0.29) is 30.8 Å². The number of benzene rings is 2. The molecule has 1 unspecified atom stereocenters. The molecule has 0 aromatic heterocycles. The van der Waals surface area contributed by atoms with Crippen molar-refractivity contribution in [2.24, 2.45) is 0 Å². The average molecular weight is 542 g/mol. The van der Waals surface area contributed by atoms with Gasteiger partial charge in [-0.25, -0.2) is 8.42 Å². The Morgan fingerprint density at radius 2 is 1.66 bits per heavy atom. The molecule has 1 aliphatic rings. The number of nitrogens with zero attached hydrogens (tertiary/aromatic N) is 2. The highest BCUT2D eigenvalue weighted by atomic mass is 32.2. The van der Waals surface area contributed by atoms with Crippen molar-refractivity contribution in [3.63, 3.8) is 0 Å². The SMILES string of the molecule is CCC(C(=O)NC1CCCCC1)N(Cc1cccc(C)c1)C(=O)CCCN(c1cccc(C)c1)S(C)(=O)=O. The number of anilines is 1. The van der Waals surface area contributed by atoms with Crippen LogP contribution in [0.4, 0.5) is 5.69 Å². The first kappa shape index (κ1) is 29.7. The zero-order chi connectivity index (χ0) is 27.7. The van der Waals surface area contributed by atoms with Crippen LogP contribution in [0, 0.1) is 13.8 Å². The molecule has 0 bridgehead atoms. The maximum absolute atomic E-state index is 13.6. The lowest BCUT2D eigenvalue weighted by molar-refractivity contribution is -0.141. The minimum Gasteiger partial charge on any atom is -0.352 e. The van der Waals surface area contributed by atoms with Crippen molar-refractivity contribution in [1.29, 1.82) is 0 Å². The van der Waals surface area contributed by atoms with E-state index in [1.165, 1.54) is 17.0 Å². The summed E-state index contributed by atoms with van der Waals surface area (Å²) in [5.41, 5.74) is 3.62. The summed E-state index contributed by atoms with van der Waals surface area (Å²) in [5, 5.41) is 3.20. The van der Waals surface area contributed by atoms with E-state index >= 15 is 0 Å². The molecule has 1 fully saturated rings. The second-order valence-electron chi connectivity index (χ2n) is 10.6. The molecule has 0 heterocycles. The second-order valence-corrected chi connectivity index (χ2v) is 12.5. The van der Waals surface area contributed by atoms with E-state index in [4.69, 9.17) is 0 Å². The van der Waals surface area contributed by atoms with Crippen molar-refractivity contribution in [3.8, 4) is 0 Å². The van der Waals surface area contributed by atoms with E-state index < -0.39 is 16.1 Å². The largest absolute Gasteiger partial charge is 0.352 e. The van der Waals surface area contributed by atoms with E-state index in [0.717, 1.165) is 42.4 Å². The monoisotopic (exact) mass is 541 g/mol. The summed E-state index contributed by atoms with van der Waals surface area (Å²) in [4.78, 5) is 28.7. The fourth-order valence-corrected chi connectivity index (χ4v) is 6.22. The number of nitrogens with one attached hydrogen (secondary N) is 1. The molecule has 38 heavy (non-hydrogen) atoms. The Bertz CT molecular complexity index is 1190. The normalized spacial score (nSPS) is 15.1. The van der Waals surface area contributed by atoms with Crippen molar-refractivity contribution >= 4 is 27.5 Å². The maximum Gasteiger partial charge on any atom is 0.243 e. The minimum atomic E-state index is -3.51. The molecule has 7 nitrogen and oxygen atoms in total. The summed E-state index contributed by atoms with van der Waals surface area (Å²) in [7, 11) is -3.51. The van der Waals surface area contributed by atoms with E-state index in [1.54, 1.807) is 11.0 Å². The van der Waals surface area contributed by atoms with Crippen molar-refractivity contribution in [3.05, 3.63) is 65.2 Å². The summed E-state index contributed by atoms with van der Waals surface area (Å²) < 4.78 is 26.4. The Kier molecular flexibility index (Phi) is 10.8. The van der Waals surface area contributed by atoms with Gasteiger partial charge in [0.15, 0.2) is 0 Å². The molecule has 1 N–H and O–H groups in total. The predicted octanol–water partition coefficient (Wildman–Crippen LogP) is 5.11. The number of sulfonamides is 1. The Morgan fingerprint density at radius 3 is 2.26 bits per heavy atom. The van der Waals surface area contributed by atoms with Crippen molar-refractivity contribution in [2.75, 3.05) is 17.1 Å². The van der Waals surface area contributed by atoms with Crippen LogP contribution in [-0.2, 0) is 26.2 Å². The fourth-order valence-electron chi connectivity index (χ4n) is 5.26. The third-order valence-corrected chi connectivity index (χ3v) is 8.41. The molecule has 0 spiro atoms. The van der Waals surface area contributed by atoms with Crippen LogP contribution in [0.2, 0.25) is 0 Å². The standard InChI is InChI=1S/C30H43N3O4S/c1-5-28(30(35)31-26-15-7-6-8-16-26)32(22-25-14-9-12-23(2)20-25)29(34)18-11-19-33(38(4,36)37)27-17-10-13-24(3)21-27/h9-10,12-14,17,20-21,26,28H,5-8,11,15-16,18-19,22H2,1-4H3,(H,31,35). The van der Waals surface area contributed by atoms with E-state index in [9.17, 15) is 18.0 Å². The van der Waals surface area contributed by atoms with Gasteiger partial charge >= 0.3 is 0 Å².